The number of nitrogen functional groups attached to an aromatic ring is 1. The van der Waals surface area contributed by atoms with Gasteiger partial charge in [-0.15, -0.1) is 0 Å². The van der Waals surface area contributed by atoms with Crippen LogP contribution in [0, 0.1) is 11.6 Å². The fourth-order valence-electron chi connectivity index (χ4n) is 2.39. The van der Waals surface area contributed by atoms with Crippen molar-refractivity contribution in [2.45, 2.75) is 32.1 Å². The summed E-state index contributed by atoms with van der Waals surface area (Å²) in [7, 11) is 0. The van der Waals surface area contributed by atoms with Gasteiger partial charge in [-0.3, -0.25) is 4.79 Å². The number of amides is 1. The van der Waals surface area contributed by atoms with Crippen molar-refractivity contribution in [3.8, 4) is 0 Å². The predicted molar refractivity (Wildman–Crippen MR) is 69.8 cm³/mol. The van der Waals surface area contributed by atoms with Gasteiger partial charge >= 0.3 is 0 Å². The molecule has 1 aromatic rings. The third-order valence-electron chi connectivity index (χ3n) is 3.44. The number of nitrogens with two attached hydrogens (primary N) is 1. The molecule has 1 amide bonds. The fraction of sp³-hybridized carbons (Fsp3) is 0.500. The molecule has 0 aliphatic carbocycles. The van der Waals surface area contributed by atoms with Gasteiger partial charge in [0, 0.05) is 13.1 Å². The first-order chi connectivity index (χ1) is 9.09. The molecule has 2 rings (SSSR count). The van der Waals surface area contributed by atoms with Gasteiger partial charge in [0.05, 0.1) is 11.3 Å². The van der Waals surface area contributed by atoms with E-state index in [-0.39, 0.29) is 11.3 Å². The summed E-state index contributed by atoms with van der Waals surface area (Å²) >= 11 is 0. The third-order valence-corrected chi connectivity index (χ3v) is 3.44. The number of carbonyl (C=O) groups is 1. The number of nitrogens with zero attached hydrogens (tertiary/aromatic N) is 1. The highest BCUT2D eigenvalue weighted by Gasteiger charge is 2.22. The molecule has 104 valence electrons. The zero-order chi connectivity index (χ0) is 13.8. The number of rotatable bonds is 1. The van der Waals surface area contributed by atoms with Crippen LogP contribution in [0.4, 0.5) is 14.5 Å². The van der Waals surface area contributed by atoms with Crippen LogP contribution in [0.25, 0.3) is 0 Å². The second kappa shape index (κ2) is 5.99. The molecule has 2 N–H and O–H groups in total. The first-order valence-corrected chi connectivity index (χ1v) is 6.63. The Kier molecular flexibility index (Phi) is 4.35. The number of halogens is 2. The number of anilines is 1. The monoisotopic (exact) mass is 268 g/mol. The van der Waals surface area contributed by atoms with Crippen LogP contribution in [0.2, 0.25) is 0 Å². The molecule has 1 aliphatic rings. The maximum absolute atomic E-state index is 13.8. The fourth-order valence-corrected chi connectivity index (χ4v) is 2.39. The molecular weight excluding hydrogens is 250 g/mol. The van der Waals surface area contributed by atoms with Crippen LogP contribution in [0.5, 0.6) is 0 Å². The van der Waals surface area contributed by atoms with E-state index in [2.05, 4.69) is 0 Å². The molecule has 1 saturated heterocycles. The standard InChI is InChI=1S/C14H18F2N2O/c15-10-8-11(13(16)12(17)9-10)14(19)18-6-4-2-1-3-5-7-18/h8-9H,1-7,17H2. The van der Waals surface area contributed by atoms with Crippen LogP contribution in [0.1, 0.15) is 42.5 Å². The molecular formula is C14H18F2N2O. The number of likely N-dealkylation sites (tertiary alicyclic amines) is 1. The number of carbonyl (C=O) groups excluding carboxylic acids is 1. The summed E-state index contributed by atoms with van der Waals surface area (Å²) in [6.45, 7) is 1.18. The van der Waals surface area contributed by atoms with E-state index < -0.39 is 17.5 Å². The van der Waals surface area contributed by atoms with E-state index in [1.165, 1.54) is 6.42 Å². The van der Waals surface area contributed by atoms with Crippen molar-refractivity contribution in [2.24, 2.45) is 0 Å². The van der Waals surface area contributed by atoms with Gasteiger partial charge in [0.15, 0.2) is 5.82 Å². The van der Waals surface area contributed by atoms with Crippen molar-refractivity contribution in [1.82, 2.24) is 4.90 Å². The molecule has 1 fully saturated rings. The Balaban J connectivity index is 2.22. The predicted octanol–water partition coefficient (Wildman–Crippen LogP) is 2.95. The third kappa shape index (κ3) is 3.22. The Bertz CT molecular complexity index is 469. The van der Waals surface area contributed by atoms with Crippen molar-refractivity contribution in [3.63, 3.8) is 0 Å². The molecule has 19 heavy (non-hydrogen) atoms. The van der Waals surface area contributed by atoms with Gasteiger partial charge < -0.3 is 10.6 Å². The smallest absolute Gasteiger partial charge is 0.257 e. The minimum absolute atomic E-state index is 0.266. The quantitative estimate of drug-likeness (QED) is 0.796. The summed E-state index contributed by atoms with van der Waals surface area (Å²) in [5.41, 5.74) is 4.77. The minimum atomic E-state index is -0.826. The van der Waals surface area contributed by atoms with Crippen molar-refractivity contribution in [1.29, 1.82) is 0 Å². The summed E-state index contributed by atoms with van der Waals surface area (Å²) in [6, 6.07) is 1.81. The Morgan fingerprint density at radius 3 is 2.26 bits per heavy atom. The van der Waals surface area contributed by atoms with E-state index in [9.17, 15) is 13.6 Å². The molecule has 0 bridgehead atoms. The molecule has 1 aromatic carbocycles. The Labute approximate surface area is 111 Å². The first-order valence-electron chi connectivity index (χ1n) is 6.63. The lowest BCUT2D eigenvalue weighted by molar-refractivity contribution is 0.0737. The van der Waals surface area contributed by atoms with E-state index in [1.54, 1.807) is 4.90 Å². The van der Waals surface area contributed by atoms with Gasteiger partial charge in [0.1, 0.15) is 5.82 Å². The Hall–Kier alpha value is -1.65. The summed E-state index contributed by atoms with van der Waals surface area (Å²) in [4.78, 5) is 13.8. The average molecular weight is 268 g/mol. The van der Waals surface area contributed by atoms with Crippen molar-refractivity contribution < 1.29 is 13.6 Å². The minimum Gasteiger partial charge on any atom is -0.396 e. The van der Waals surface area contributed by atoms with Crippen molar-refractivity contribution in [2.75, 3.05) is 18.8 Å². The molecule has 0 saturated carbocycles. The van der Waals surface area contributed by atoms with Crippen LogP contribution < -0.4 is 5.73 Å². The normalized spacial score (nSPS) is 16.8. The molecule has 1 aliphatic heterocycles. The van der Waals surface area contributed by atoms with E-state index in [0.717, 1.165) is 37.8 Å². The second-order valence-corrected chi connectivity index (χ2v) is 4.92. The van der Waals surface area contributed by atoms with Gasteiger partial charge in [0.2, 0.25) is 0 Å². The van der Waals surface area contributed by atoms with Crippen molar-refractivity contribution in [3.05, 3.63) is 29.3 Å². The molecule has 0 atom stereocenters. The molecule has 0 spiro atoms. The van der Waals surface area contributed by atoms with Crippen molar-refractivity contribution >= 4 is 11.6 Å². The van der Waals surface area contributed by atoms with Gasteiger partial charge in [-0.25, -0.2) is 8.78 Å². The zero-order valence-electron chi connectivity index (χ0n) is 10.8. The molecule has 1 heterocycles. The highest BCUT2D eigenvalue weighted by Crippen LogP contribution is 2.20. The maximum atomic E-state index is 13.8. The van der Waals surface area contributed by atoms with Gasteiger partial charge in [-0.05, 0) is 25.0 Å². The van der Waals surface area contributed by atoms with Gasteiger partial charge in [-0.1, -0.05) is 19.3 Å². The van der Waals surface area contributed by atoms with Crippen LogP contribution >= 0.6 is 0 Å². The molecule has 0 unspecified atom stereocenters. The Morgan fingerprint density at radius 1 is 1.05 bits per heavy atom. The highest BCUT2D eigenvalue weighted by molar-refractivity contribution is 5.95. The van der Waals surface area contributed by atoms with Gasteiger partial charge in [0.25, 0.3) is 5.91 Å². The maximum Gasteiger partial charge on any atom is 0.257 e. The first kappa shape index (κ1) is 13.8. The summed E-state index contributed by atoms with van der Waals surface area (Å²) < 4.78 is 27.1. The summed E-state index contributed by atoms with van der Waals surface area (Å²) in [5.74, 6) is -1.98. The lowest BCUT2D eigenvalue weighted by Gasteiger charge is -2.25. The number of hydrogen-bond donors (Lipinski definition) is 1. The molecule has 5 heteroatoms. The lowest BCUT2D eigenvalue weighted by Crippen LogP contribution is -2.34. The summed E-state index contributed by atoms with van der Waals surface area (Å²) in [6.07, 6.45) is 5.11. The van der Waals surface area contributed by atoms with Crippen LogP contribution in [0.15, 0.2) is 12.1 Å². The molecule has 0 aromatic heterocycles. The zero-order valence-corrected chi connectivity index (χ0v) is 10.8. The Morgan fingerprint density at radius 2 is 1.63 bits per heavy atom. The summed E-state index contributed by atoms with van der Waals surface area (Å²) in [5, 5.41) is 0. The average Bonchev–Trinajstić information content (AvgIpc) is 2.32. The highest BCUT2D eigenvalue weighted by atomic mass is 19.1. The van der Waals surface area contributed by atoms with Crippen LogP contribution in [-0.4, -0.2) is 23.9 Å². The van der Waals surface area contributed by atoms with E-state index in [0.29, 0.717) is 13.1 Å². The van der Waals surface area contributed by atoms with E-state index in [4.69, 9.17) is 5.73 Å². The number of hydrogen-bond acceptors (Lipinski definition) is 2. The largest absolute Gasteiger partial charge is 0.396 e. The lowest BCUT2D eigenvalue weighted by atomic mass is 10.1. The SMILES string of the molecule is Nc1cc(F)cc(C(=O)N2CCCCCCC2)c1F. The van der Waals surface area contributed by atoms with E-state index in [1.807, 2.05) is 0 Å². The van der Waals surface area contributed by atoms with Gasteiger partial charge in [-0.2, -0.15) is 0 Å². The van der Waals surface area contributed by atoms with Crippen LogP contribution in [0.3, 0.4) is 0 Å². The second-order valence-electron chi connectivity index (χ2n) is 4.92. The molecule has 3 nitrogen and oxygen atoms in total. The number of benzene rings is 1. The van der Waals surface area contributed by atoms with Crippen LogP contribution in [-0.2, 0) is 0 Å². The van der Waals surface area contributed by atoms with E-state index >= 15 is 0 Å². The molecule has 0 radical (unpaired) electrons. The topological polar surface area (TPSA) is 46.3 Å².